The zero-order valence-corrected chi connectivity index (χ0v) is 13.5. The normalized spacial score (nSPS) is 11.4. The molecule has 0 spiro atoms. The Hall–Kier alpha value is -0.250. The number of carbonyl (C=O) groups excluding carboxylic acids is 1. The summed E-state index contributed by atoms with van der Waals surface area (Å²) < 4.78 is 0.736. The molecule has 1 aromatic carbocycles. The highest BCUT2D eigenvalue weighted by Crippen LogP contribution is 2.23. The Morgan fingerprint density at radius 1 is 1.44 bits per heavy atom. The fourth-order valence-electron chi connectivity index (χ4n) is 1.43. The largest absolute Gasteiger partial charge is 0.351 e. The molecule has 0 atom stereocenters. The molecule has 18 heavy (non-hydrogen) atoms. The van der Waals surface area contributed by atoms with E-state index in [0.29, 0.717) is 23.0 Å². The molecule has 0 aromatic heterocycles. The van der Waals surface area contributed by atoms with E-state index in [1.807, 2.05) is 0 Å². The molecule has 0 fully saturated rings. The lowest BCUT2D eigenvalue weighted by Crippen LogP contribution is -2.34. The average Bonchev–Trinajstić information content (AvgIpc) is 2.29. The first-order valence-electron chi connectivity index (χ1n) is 5.65. The second-order valence-corrected chi connectivity index (χ2v) is 6.58. The lowest BCUT2D eigenvalue weighted by atomic mass is 9.90. The zero-order chi connectivity index (χ0) is 13.8. The summed E-state index contributed by atoms with van der Waals surface area (Å²) in [5.41, 5.74) is 0.534. The van der Waals surface area contributed by atoms with E-state index < -0.39 is 0 Å². The van der Waals surface area contributed by atoms with Gasteiger partial charge in [0.15, 0.2) is 0 Å². The number of nitrogens with one attached hydrogen (secondary N) is 1. The van der Waals surface area contributed by atoms with Gasteiger partial charge in [0.2, 0.25) is 0 Å². The van der Waals surface area contributed by atoms with Crippen LogP contribution >= 0.6 is 39.1 Å². The van der Waals surface area contributed by atoms with Crippen molar-refractivity contribution in [3.63, 3.8) is 0 Å². The number of rotatable bonds is 5. The third kappa shape index (κ3) is 4.79. The van der Waals surface area contributed by atoms with Gasteiger partial charge < -0.3 is 5.32 Å². The van der Waals surface area contributed by atoms with Crippen LogP contribution in [-0.2, 0) is 0 Å². The van der Waals surface area contributed by atoms with E-state index in [1.165, 1.54) is 0 Å². The Morgan fingerprint density at radius 2 is 2.11 bits per heavy atom. The fraction of sp³-hybridized carbons (Fsp3) is 0.462. The number of hydrogen-bond acceptors (Lipinski definition) is 1. The predicted octanol–water partition coefficient (Wildman–Crippen LogP) is 4.49. The smallest absolute Gasteiger partial charge is 0.252 e. The molecule has 0 aliphatic carbocycles. The van der Waals surface area contributed by atoms with Crippen LogP contribution in [-0.4, -0.2) is 18.3 Å². The third-order valence-corrected chi connectivity index (χ3v) is 3.79. The van der Waals surface area contributed by atoms with E-state index in [0.717, 1.165) is 10.9 Å². The molecule has 0 bridgehead atoms. The van der Waals surface area contributed by atoms with Gasteiger partial charge in [0.05, 0.1) is 5.56 Å². The maximum Gasteiger partial charge on any atom is 0.252 e. The highest BCUT2D eigenvalue weighted by molar-refractivity contribution is 9.10. The standard InChI is InChI=1S/C13H16BrCl2NO/c1-13(2,5-6-15)8-17-12(18)10-7-9(16)3-4-11(10)14/h3-4,7H,5-6,8H2,1-2H3,(H,17,18). The molecule has 1 aromatic rings. The van der Waals surface area contributed by atoms with Crippen LogP contribution in [0.3, 0.4) is 0 Å². The second-order valence-electron chi connectivity index (χ2n) is 4.91. The Bertz CT molecular complexity index is 435. The zero-order valence-electron chi connectivity index (χ0n) is 10.4. The lowest BCUT2D eigenvalue weighted by Gasteiger charge is -2.23. The van der Waals surface area contributed by atoms with Gasteiger partial charge in [-0.2, -0.15) is 0 Å². The van der Waals surface area contributed by atoms with Crippen LogP contribution in [0.1, 0.15) is 30.6 Å². The van der Waals surface area contributed by atoms with Crippen LogP contribution in [0.2, 0.25) is 5.02 Å². The van der Waals surface area contributed by atoms with Crippen molar-refractivity contribution < 1.29 is 4.79 Å². The average molecular weight is 353 g/mol. The molecule has 0 radical (unpaired) electrons. The van der Waals surface area contributed by atoms with Crippen LogP contribution < -0.4 is 5.32 Å². The summed E-state index contributed by atoms with van der Waals surface area (Å²) in [6.45, 7) is 4.73. The third-order valence-electron chi connectivity index (χ3n) is 2.67. The van der Waals surface area contributed by atoms with E-state index in [4.69, 9.17) is 23.2 Å². The minimum Gasteiger partial charge on any atom is -0.351 e. The quantitative estimate of drug-likeness (QED) is 0.777. The predicted molar refractivity (Wildman–Crippen MR) is 80.6 cm³/mol. The molecule has 2 nitrogen and oxygen atoms in total. The van der Waals surface area contributed by atoms with Gasteiger partial charge in [0.25, 0.3) is 5.91 Å². The number of hydrogen-bond donors (Lipinski definition) is 1. The highest BCUT2D eigenvalue weighted by Gasteiger charge is 2.19. The maximum atomic E-state index is 12.0. The molecule has 0 saturated heterocycles. The molecule has 0 heterocycles. The highest BCUT2D eigenvalue weighted by atomic mass is 79.9. The van der Waals surface area contributed by atoms with Gasteiger partial charge in [0, 0.05) is 21.9 Å². The van der Waals surface area contributed by atoms with Crippen molar-refractivity contribution in [2.75, 3.05) is 12.4 Å². The Labute approximate surface area is 126 Å². The van der Waals surface area contributed by atoms with Crippen molar-refractivity contribution in [2.45, 2.75) is 20.3 Å². The second kappa shape index (κ2) is 6.78. The van der Waals surface area contributed by atoms with Gasteiger partial charge >= 0.3 is 0 Å². The molecule has 1 N–H and O–H groups in total. The first-order chi connectivity index (χ1) is 8.35. The summed E-state index contributed by atoms with van der Waals surface area (Å²) >= 11 is 15.0. The molecular formula is C13H16BrCl2NO. The van der Waals surface area contributed by atoms with Gasteiger partial charge in [-0.1, -0.05) is 25.4 Å². The van der Waals surface area contributed by atoms with Crippen molar-refractivity contribution in [1.29, 1.82) is 0 Å². The van der Waals surface area contributed by atoms with Gasteiger partial charge in [-0.25, -0.2) is 0 Å². The summed E-state index contributed by atoms with van der Waals surface area (Å²) in [5.74, 6) is 0.455. The molecule has 0 unspecified atom stereocenters. The maximum absolute atomic E-state index is 12.0. The number of benzene rings is 1. The first-order valence-corrected chi connectivity index (χ1v) is 7.35. The van der Waals surface area contributed by atoms with Crippen molar-refractivity contribution in [3.05, 3.63) is 33.3 Å². The monoisotopic (exact) mass is 351 g/mol. The molecule has 5 heteroatoms. The van der Waals surface area contributed by atoms with Gasteiger partial charge in [-0.05, 0) is 46.0 Å². The van der Waals surface area contributed by atoms with Gasteiger partial charge in [0.1, 0.15) is 0 Å². The molecule has 0 aliphatic heterocycles. The van der Waals surface area contributed by atoms with E-state index >= 15 is 0 Å². The minimum atomic E-state index is -0.132. The van der Waals surface area contributed by atoms with Crippen LogP contribution in [0, 0.1) is 5.41 Å². The molecule has 0 saturated carbocycles. The van der Waals surface area contributed by atoms with E-state index in [-0.39, 0.29) is 11.3 Å². The number of amides is 1. The van der Waals surface area contributed by atoms with Crippen LogP contribution in [0.5, 0.6) is 0 Å². The minimum absolute atomic E-state index is 0.0114. The lowest BCUT2D eigenvalue weighted by molar-refractivity contribution is 0.0935. The summed E-state index contributed by atoms with van der Waals surface area (Å²) in [6, 6.07) is 5.15. The van der Waals surface area contributed by atoms with Crippen LogP contribution in [0.15, 0.2) is 22.7 Å². The fourth-order valence-corrected chi connectivity index (χ4v) is 2.54. The van der Waals surface area contributed by atoms with Crippen molar-refractivity contribution in [3.8, 4) is 0 Å². The first kappa shape index (κ1) is 15.8. The summed E-state index contributed by atoms with van der Waals surface area (Å²) in [5, 5.41) is 3.45. The Kier molecular flexibility index (Phi) is 5.96. The van der Waals surface area contributed by atoms with E-state index in [1.54, 1.807) is 18.2 Å². The number of carbonyl (C=O) groups is 1. The molecule has 100 valence electrons. The number of alkyl halides is 1. The summed E-state index contributed by atoms with van der Waals surface area (Å²) in [4.78, 5) is 12.0. The molecule has 1 amide bonds. The van der Waals surface area contributed by atoms with Crippen molar-refractivity contribution >= 4 is 45.0 Å². The van der Waals surface area contributed by atoms with Gasteiger partial charge in [-0.3, -0.25) is 4.79 Å². The summed E-state index contributed by atoms with van der Waals surface area (Å²) in [6.07, 6.45) is 0.853. The summed E-state index contributed by atoms with van der Waals surface area (Å²) in [7, 11) is 0. The number of halogens is 3. The topological polar surface area (TPSA) is 29.1 Å². The van der Waals surface area contributed by atoms with Crippen molar-refractivity contribution in [1.82, 2.24) is 5.32 Å². The van der Waals surface area contributed by atoms with Crippen LogP contribution in [0.4, 0.5) is 0 Å². The molecular weight excluding hydrogens is 337 g/mol. The van der Waals surface area contributed by atoms with E-state index in [2.05, 4.69) is 35.1 Å². The van der Waals surface area contributed by atoms with Crippen LogP contribution in [0.25, 0.3) is 0 Å². The Morgan fingerprint density at radius 3 is 2.72 bits per heavy atom. The Balaban J connectivity index is 2.69. The molecule has 1 rings (SSSR count). The van der Waals surface area contributed by atoms with Crippen molar-refractivity contribution in [2.24, 2.45) is 5.41 Å². The van der Waals surface area contributed by atoms with Gasteiger partial charge in [-0.15, -0.1) is 11.6 Å². The molecule has 0 aliphatic rings. The van der Waals surface area contributed by atoms with E-state index in [9.17, 15) is 4.79 Å². The SMILES string of the molecule is CC(C)(CCCl)CNC(=O)c1cc(Cl)ccc1Br.